The van der Waals surface area contributed by atoms with Gasteiger partial charge in [0.25, 0.3) is 0 Å². The van der Waals surface area contributed by atoms with E-state index in [0.29, 0.717) is 25.6 Å². The minimum absolute atomic E-state index is 0.00296. The van der Waals surface area contributed by atoms with Gasteiger partial charge in [-0.15, -0.1) is 0 Å². The van der Waals surface area contributed by atoms with Crippen molar-refractivity contribution in [1.29, 1.82) is 0 Å². The smallest absolute Gasteiger partial charge is 0.239 e. The molecule has 0 aliphatic heterocycles. The van der Waals surface area contributed by atoms with Gasteiger partial charge < -0.3 is 15.4 Å². The molecule has 17 heavy (non-hydrogen) atoms. The molecule has 0 bridgehead atoms. The summed E-state index contributed by atoms with van der Waals surface area (Å²) in [7, 11) is 1.66. The molecule has 0 saturated heterocycles. The number of anilines is 1. The molecule has 1 aromatic rings. The van der Waals surface area contributed by atoms with E-state index in [-0.39, 0.29) is 5.91 Å². The van der Waals surface area contributed by atoms with Gasteiger partial charge in [-0.3, -0.25) is 4.79 Å². The average Bonchev–Trinajstić information content (AvgIpc) is 2.35. The molecular weight excluding hydrogens is 216 g/mol. The first kappa shape index (κ1) is 13.5. The fourth-order valence-corrected chi connectivity index (χ4v) is 1.43. The molecule has 94 valence electrons. The van der Waals surface area contributed by atoms with Gasteiger partial charge in [0.1, 0.15) is 0 Å². The highest BCUT2D eigenvalue weighted by Crippen LogP contribution is 2.03. The quantitative estimate of drug-likeness (QED) is 0.754. The summed E-state index contributed by atoms with van der Waals surface area (Å²) in [6, 6.07) is 9.67. The van der Waals surface area contributed by atoms with E-state index in [1.165, 1.54) is 0 Å². The lowest BCUT2D eigenvalue weighted by Gasteiger charge is -2.12. The van der Waals surface area contributed by atoms with Crippen molar-refractivity contribution in [3.63, 3.8) is 0 Å². The Balaban J connectivity index is 2.17. The van der Waals surface area contributed by atoms with Crippen molar-refractivity contribution >= 4 is 11.6 Å². The first-order chi connectivity index (χ1) is 8.22. The lowest BCUT2D eigenvalue weighted by Crippen LogP contribution is -2.34. The molecule has 2 N–H and O–H groups in total. The van der Waals surface area contributed by atoms with Crippen molar-refractivity contribution < 1.29 is 9.53 Å². The molecule has 0 aliphatic rings. The number of carbonyl (C=O) groups is 1. The van der Waals surface area contributed by atoms with Gasteiger partial charge in [0, 0.05) is 19.3 Å². The van der Waals surface area contributed by atoms with Crippen LogP contribution in [0.5, 0.6) is 0 Å². The average molecular weight is 236 g/mol. The number of carbonyl (C=O) groups excluding carboxylic acids is 1. The normalized spacial score (nSPS) is 11.9. The zero-order valence-electron chi connectivity index (χ0n) is 10.4. The van der Waals surface area contributed by atoms with Crippen molar-refractivity contribution in [2.75, 3.05) is 32.1 Å². The zero-order chi connectivity index (χ0) is 12.5. The van der Waals surface area contributed by atoms with E-state index in [1.54, 1.807) is 7.11 Å². The van der Waals surface area contributed by atoms with Gasteiger partial charge in [0.05, 0.1) is 13.2 Å². The Bertz CT molecular complexity index is 327. The number of hydrogen-bond acceptors (Lipinski definition) is 3. The van der Waals surface area contributed by atoms with Gasteiger partial charge in [-0.05, 0) is 18.1 Å². The highest BCUT2D eigenvalue weighted by atomic mass is 16.5. The Morgan fingerprint density at radius 2 is 2.06 bits per heavy atom. The summed E-state index contributed by atoms with van der Waals surface area (Å²) in [4.78, 5) is 11.5. The second-order valence-corrected chi connectivity index (χ2v) is 4.08. The summed E-state index contributed by atoms with van der Waals surface area (Å²) >= 11 is 0. The lowest BCUT2D eigenvalue weighted by molar-refractivity contribution is -0.119. The summed E-state index contributed by atoms with van der Waals surface area (Å²) < 4.78 is 5.00. The van der Waals surface area contributed by atoms with Gasteiger partial charge in [0.2, 0.25) is 5.91 Å². The van der Waals surface area contributed by atoms with E-state index >= 15 is 0 Å². The molecule has 1 aromatic carbocycles. The summed E-state index contributed by atoms with van der Waals surface area (Å²) in [6.07, 6.45) is 0. The van der Waals surface area contributed by atoms with E-state index in [1.807, 2.05) is 37.3 Å². The Morgan fingerprint density at radius 3 is 2.71 bits per heavy atom. The van der Waals surface area contributed by atoms with Crippen molar-refractivity contribution in [2.24, 2.45) is 5.92 Å². The number of methoxy groups -OCH3 is 1. The summed E-state index contributed by atoms with van der Waals surface area (Å²) in [5.41, 5.74) is 0.951. The predicted octanol–water partition coefficient (Wildman–Crippen LogP) is 1.50. The van der Waals surface area contributed by atoms with Crippen molar-refractivity contribution in [1.82, 2.24) is 5.32 Å². The van der Waals surface area contributed by atoms with E-state index in [2.05, 4.69) is 10.6 Å². The van der Waals surface area contributed by atoms with Crippen molar-refractivity contribution in [3.8, 4) is 0 Å². The van der Waals surface area contributed by atoms with Crippen LogP contribution in [-0.2, 0) is 9.53 Å². The van der Waals surface area contributed by atoms with Gasteiger partial charge in [0.15, 0.2) is 0 Å². The van der Waals surface area contributed by atoms with Crippen LogP contribution in [0.2, 0.25) is 0 Å². The van der Waals surface area contributed by atoms with Crippen molar-refractivity contribution in [2.45, 2.75) is 6.92 Å². The molecule has 1 amide bonds. The minimum atomic E-state index is -0.00296. The first-order valence-electron chi connectivity index (χ1n) is 5.77. The highest BCUT2D eigenvalue weighted by molar-refractivity contribution is 5.80. The number of rotatable bonds is 7. The third kappa shape index (κ3) is 5.92. The van der Waals surface area contributed by atoms with Crippen LogP contribution in [0, 0.1) is 5.92 Å². The van der Waals surface area contributed by atoms with E-state index < -0.39 is 0 Å². The third-order valence-corrected chi connectivity index (χ3v) is 2.33. The molecule has 4 heteroatoms. The molecular formula is C13H20N2O2. The molecule has 0 saturated carbocycles. The number of ether oxygens (including phenoxy) is 1. The Hall–Kier alpha value is -1.55. The lowest BCUT2D eigenvalue weighted by atomic mass is 10.2. The van der Waals surface area contributed by atoms with Gasteiger partial charge in [-0.1, -0.05) is 25.1 Å². The van der Waals surface area contributed by atoms with E-state index in [9.17, 15) is 4.79 Å². The maximum Gasteiger partial charge on any atom is 0.239 e. The van der Waals surface area contributed by atoms with Crippen LogP contribution in [0.4, 0.5) is 5.69 Å². The Kier molecular flexibility index (Phi) is 6.10. The first-order valence-corrected chi connectivity index (χ1v) is 5.77. The molecule has 4 nitrogen and oxygen atoms in total. The van der Waals surface area contributed by atoms with E-state index in [4.69, 9.17) is 4.74 Å². The minimum Gasteiger partial charge on any atom is -0.384 e. The van der Waals surface area contributed by atoms with Crippen LogP contribution in [-0.4, -0.2) is 32.7 Å². The molecule has 1 rings (SSSR count). The van der Waals surface area contributed by atoms with Crippen LogP contribution >= 0.6 is 0 Å². The maximum atomic E-state index is 11.5. The number of para-hydroxylation sites is 1. The standard InChI is InChI=1S/C13H20N2O2/c1-11(10-17-2)8-15-13(16)9-14-12-6-4-3-5-7-12/h3-7,11,14H,8-10H2,1-2H3,(H,15,16). The summed E-state index contributed by atoms with van der Waals surface area (Å²) in [6.45, 7) is 3.63. The van der Waals surface area contributed by atoms with Crippen LogP contribution in [0.25, 0.3) is 0 Å². The number of hydrogen-bond donors (Lipinski definition) is 2. The van der Waals surface area contributed by atoms with Crippen LogP contribution in [0.15, 0.2) is 30.3 Å². The van der Waals surface area contributed by atoms with Gasteiger partial charge in [-0.25, -0.2) is 0 Å². The highest BCUT2D eigenvalue weighted by Gasteiger charge is 2.04. The summed E-state index contributed by atoms with van der Waals surface area (Å²) in [5, 5.41) is 5.91. The van der Waals surface area contributed by atoms with Crippen LogP contribution < -0.4 is 10.6 Å². The molecule has 0 heterocycles. The van der Waals surface area contributed by atoms with Crippen LogP contribution in [0.3, 0.4) is 0 Å². The zero-order valence-corrected chi connectivity index (χ0v) is 10.4. The number of amides is 1. The van der Waals surface area contributed by atoms with Gasteiger partial charge >= 0.3 is 0 Å². The monoisotopic (exact) mass is 236 g/mol. The second-order valence-electron chi connectivity index (χ2n) is 4.08. The summed E-state index contributed by atoms with van der Waals surface area (Å²) in [5.74, 6) is 0.331. The second kappa shape index (κ2) is 7.68. The Labute approximate surface area is 102 Å². The molecule has 0 aromatic heterocycles. The van der Waals surface area contributed by atoms with Gasteiger partial charge in [-0.2, -0.15) is 0 Å². The largest absolute Gasteiger partial charge is 0.384 e. The fourth-order valence-electron chi connectivity index (χ4n) is 1.43. The third-order valence-electron chi connectivity index (χ3n) is 2.33. The predicted molar refractivity (Wildman–Crippen MR) is 69.0 cm³/mol. The molecule has 0 radical (unpaired) electrons. The number of nitrogens with one attached hydrogen (secondary N) is 2. The van der Waals surface area contributed by atoms with E-state index in [0.717, 1.165) is 5.69 Å². The van der Waals surface area contributed by atoms with Crippen LogP contribution in [0.1, 0.15) is 6.92 Å². The molecule has 0 fully saturated rings. The van der Waals surface area contributed by atoms with Crippen molar-refractivity contribution in [3.05, 3.63) is 30.3 Å². The molecule has 0 aliphatic carbocycles. The molecule has 0 spiro atoms. The molecule has 1 atom stereocenters. The maximum absolute atomic E-state index is 11.5. The topological polar surface area (TPSA) is 50.4 Å². The fraction of sp³-hybridized carbons (Fsp3) is 0.462. The number of benzene rings is 1. The SMILES string of the molecule is COCC(C)CNC(=O)CNc1ccccc1. The Morgan fingerprint density at radius 1 is 1.35 bits per heavy atom. The molecule has 1 unspecified atom stereocenters.